The van der Waals surface area contributed by atoms with Crippen molar-refractivity contribution in [2.75, 3.05) is 10.6 Å². The molecule has 3 heterocycles. The van der Waals surface area contributed by atoms with Crippen molar-refractivity contribution in [2.24, 2.45) is 0 Å². The molecule has 3 aromatic rings. The van der Waals surface area contributed by atoms with E-state index in [1.807, 2.05) is 13.0 Å². The fourth-order valence-electron chi connectivity index (χ4n) is 2.96. The van der Waals surface area contributed by atoms with E-state index in [0.717, 1.165) is 36.8 Å². The van der Waals surface area contributed by atoms with E-state index in [1.54, 1.807) is 0 Å². The molecule has 2 saturated carbocycles. The predicted molar refractivity (Wildman–Crippen MR) is 99.7 cm³/mol. The Labute approximate surface area is 160 Å². The highest BCUT2D eigenvalue weighted by Gasteiger charge is 2.29. The molecule has 144 valence electrons. The summed E-state index contributed by atoms with van der Waals surface area (Å²) in [6, 6.07) is 1.72. The van der Waals surface area contributed by atoms with Crippen LogP contribution in [0.5, 0.6) is 0 Å². The molecule has 3 aromatic heterocycles. The molecule has 0 spiro atoms. The molecule has 0 aromatic carbocycles. The SMILES string of the molecule is CC(Nc1nc(Nc2cc(C3CC3)[nH]n2)nc(C2CC2)n1)c1ncc(F)cn1. The second-order valence-corrected chi connectivity index (χ2v) is 7.35. The fourth-order valence-corrected chi connectivity index (χ4v) is 2.96. The Hall–Kier alpha value is -3.17. The number of aromatic nitrogens is 7. The van der Waals surface area contributed by atoms with E-state index in [-0.39, 0.29) is 6.04 Å². The quantitative estimate of drug-likeness (QED) is 0.571. The van der Waals surface area contributed by atoms with Crippen LogP contribution < -0.4 is 10.6 Å². The summed E-state index contributed by atoms with van der Waals surface area (Å²) in [6.45, 7) is 1.87. The summed E-state index contributed by atoms with van der Waals surface area (Å²) < 4.78 is 13.0. The van der Waals surface area contributed by atoms with Gasteiger partial charge < -0.3 is 10.6 Å². The third-order valence-electron chi connectivity index (χ3n) is 4.82. The van der Waals surface area contributed by atoms with E-state index >= 15 is 0 Å². The van der Waals surface area contributed by atoms with Gasteiger partial charge in [0.1, 0.15) is 11.6 Å². The first-order chi connectivity index (χ1) is 13.6. The maximum Gasteiger partial charge on any atom is 0.233 e. The average Bonchev–Trinajstić information content (AvgIpc) is 3.60. The summed E-state index contributed by atoms with van der Waals surface area (Å²) in [4.78, 5) is 21.6. The lowest BCUT2D eigenvalue weighted by Gasteiger charge is -2.13. The first-order valence-corrected chi connectivity index (χ1v) is 9.46. The molecule has 28 heavy (non-hydrogen) atoms. The second-order valence-electron chi connectivity index (χ2n) is 7.35. The minimum atomic E-state index is -0.469. The summed E-state index contributed by atoms with van der Waals surface area (Å²) in [5, 5.41) is 13.7. The summed E-state index contributed by atoms with van der Waals surface area (Å²) in [5.74, 6) is 3.27. The number of halogens is 1. The number of hydrogen-bond donors (Lipinski definition) is 3. The molecule has 0 radical (unpaired) electrons. The normalized spacial score (nSPS) is 17.4. The molecular formula is C18H20FN9. The van der Waals surface area contributed by atoms with Crippen molar-refractivity contribution in [3.8, 4) is 0 Å². The standard InChI is InChI=1S/C18H20FN9/c1-9(15-20-7-12(19)8-21-15)22-17-24-16(11-4-5-11)25-18(26-17)23-14-6-13(27-28-14)10-2-3-10/h6-11H,2-5H2,1H3,(H3,22,23,24,25,26,27,28). The van der Waals surface area contributed by atoms with Gasteiger partial charge in [-0.3, -0.25) is 5.10 Å². The molecule has 2 aliphatic rings. The van der Waals surface area contributed by atoms with E-state index in [4.69, 9.17) is 0 Å². The Morgan fingerprint density at radius 2 is 1.75 bits per heavy atom. The molecule has 0 saturated heterocycles. The van der Waals surface area contributed by atoms with Crippen LogP contribution in [0.1, 0.15) is 67.8 Å². The Bertz CT molecular complexity index is 979. The van der Waals surface area contributed by atoms with Gasteiger partial charge >= 0.3 is 0 Å². The molecule has 1 unspecified atom stereocenters. The molecule has 9 nitrogen and oxygen atoms in total. The summed E-state index contributed by atoms with van der Waals surface area (Å²) in [5.41, 5.74) is 1.14. The average molecular weight is 381 g/mol. The molecule has 0 aliphatic heterocycles. The highest BCUT2D eigenvalue weighted by molar-refractivity contribution is 5.50. The molecule has 2 aliphatic carbocycles. The fraction of sp³-hybridized carbons (Fsp3) is 0.444. The Morgan fingerprint density at radius 3 is 2.46 bits per heavy atom. The van der Waals surface area contributed by atoms with Crippen LogP contribution in [0.2, 0.25) is 0 Å². The lowest BCUT2D eigenvalue weighted by atomic mass is 10.3. The first-order valence-electron chi connectivity index (χ1n) is 9.46. The van der Waals surface area contributed by atoms with Gasteiger partial charge in [-0.15, -0.1) is 0 Å². The van der Waals surface area contributed by atoms with Crippen LogP contribution in [-0.2, 0) is 0 Å². The summed E-state index contributed by atoms with van der Waals surface area (Å²) >= 11 is 0. The van der Waals surface area contributed by atoms with Gasteiger partial charge in [0.25, 0.3) is 0 Å². The maximum atomic E-state index is 13.0. The van der Waals surface area contributed by atoms with Crippen molar-refractivity contribution in [3.05, 3.63) is 41.6 Å². The lowest BCUT2D eigenvalue weighted by Crippen LogP contribution is -2.15. The minimum absolute atomic E-state index is 0.283. The van der Waals surface area contributed by atoms with Crippen molar-refractivity contribution in [1.82, 2.24) is 35.1 Å². The Kier molecular flexibility index (Phi) is 4.10. The van der Waals surface area contributed by atoms with Crippen LogP contribution in [-0.4, -0.2) is 35.1 Å². The monoisotopic (exact) mass is 381 g/mol. The topological polar surface area (TPSA) is 117 Å². The van der Waals surface area contributed by atoms with E-state index in [9.17, 15) is 4.39 Å². The molecule has 2 fully saturated rings. The zero-order chi connectivity index (χ0) is 19.1. The Morgan fingerprint density at radius 1 is 1.04 bits per heavy atom. The number of nitrogens with zero attached hydrogens (tertiary/aromatic N) is 6. The smallest absolute Gasteiger partial charge is 0.233 e. The number of aromatic amines is 1. The van der Waals surface area contributed by atoms with Gasteiger partial charge in [0.2, 0.25) is 11.9 Å². The van der Waals surface area contributed by atoms with Gasteiger partial charge in [0, 0.05) is 23.6 Å². The molecule has 0 bridgehead atoms. The van der Waals surface area contributed by atoms with Gasteiger partial charge in [0.15, 0.2) is 11.6 Å². The number of anilines is 3. The Balaban J connectivity index is 1.36. The summed E-state index contributed by atoms with van der Waals surface area (Å²) in [6.07, 6.45) is 6.85. The van der Waals surface area contributed by atoms with Crippen molar-refractivity contribution < 1.29 is 4.39 Å². The molecule has 5 rings (SSSR count). The van der Waals surface area contributed by atoms with E-state index in [0.29, 0.717) is 35.4 Å². The van der Waals surface area contributed by atoms with Crippen LogP contribution >= 0.6 is 0 Å². The largest absolute Gasteiger partial charge is 0.344 e. The van der Waals surface area contributed by atoms with Gasteiger partial charge in [-0.2, -0.15) is 20.1 Å². The molecule has 0 amide bonds. The van der Waals surface area contributed by atoms with Gasteiger partial charge in [0.05, 0.1) is 18.4 Å². The van der Waals surface area contributed by atoms with Crippen LogP contribution in [0.4, 0.5) is 22.1 Å². The molecule has 3 N–H and O–H groups in total. The first kappa shape index (κ1) is 17.0. The molecular weight excluding hydrogens is 361 g/mol. The van der Waals surface area contributed by atoms with E-state index < -0.39 is 5.82 Å². The van der Waals surface area contributed by atoms with Gasteiger partial charge in [-0.1, -0.05) is 0 Å². The van der Waals surface area contributed by atoms with E-state index in [2.05, 4.69) is 45.8 Å². The van der Waals surface area contributed by atoms with E-state index in [1.165, 1.54) is 12.8 Å². The molecule has 10 heteroatoms. The zero-order valence-corrected chi connectivity index (χ0v) is 15.4. The van der Waals surface area contributed by atoms with Gasteiger partial charge in [-0.05, 0) is 32.6 Å². The maximum absolute atomic E-state index is 13.0. The number of rotatable bonds is 7. The van der Waals surface area contributed by atoms with Crippen molar-refractivity contribution in [3.63, 3.8) is 0 Å². The number of nitrogens with one attached hydrogen (secondary N) is 3. The lowest BCUT2D eigenvalue weighted by molar-refractivity contribution is 0.604. The predicted octanol–water partition coefficient (Wildman–Crippen LogP) is 3.20. The highest BCUT2D eigenvalue weighted by Crippen LogP contribution is 2.40. The zero-order valence-electron chi connectivity index (χ0n) is 15.4. The minimum Gasteiger partial charge on any atom is -0.344 e. The highest BCUT2D eigenvalue weighted by atomic mass is 19.1. The third kappa shape index (κ3) is 3.75. The molecule has 1 atom stereocenters. The van der Waals surface area contributed by atoms with Crippen molar-refractivity contribution in [2.45, 2.75) is 50.5 Å². The second kappa shape index (κ2) is 6.77. The van der Waals surface area contributed by atoms with Gasteiger partial charge in [-0.25, -0.2) is 14.4 Å². The van der Waals surface area contributed by atoms with Crippen LogP contribution in [0.3, 0.4) is 0 Å². The van der Waals surface area contributed by atoms with Crippen LogP contribution in [0.25, 0.3) is 0 Å². The number of H-pyrrole nitrogens is 1. The number of hydrogen-bond acceptors (Lipinski definition) is 8. The third-order valence-corrected chi connectivity index (χ3v) is 4.82. The van der Waals surface area contributed by atoms with Crippen molar-refractivity contribution >= 4 is 17.7 Å². The van der Waals surface area contributed by atoms with Crippen LogP contribution in [0, 0.1) is 5.82 Å². The summed E-state index contributed by atoms with van der Waals surface area (Å²) in [7, 11) is 0. The van der Waals surface area contributed by atoms with Crippen molar-refractivity contribution in [1.29, 1.82) is 0 Å². The van der Waals surface area contributed by atoms with Crippen LogP contribution in [0.15, 0.2) is 18.5 Å².